The molecule has 0 amide bonds. The molecule has 2 heterocycles. The summed E-state index contributed by atoms with van der Waals surface area (Å²) in [5, 5.41) is 0. The molecule has 25 heavy (non-hydrogen) atoms. The van der Waals surface area contributed by atoms with Crippen molar-refractivity contribution < 1.29 is 0 Å². The summed E-state index contributed by atoms with van der Waals surface area (Å²) in [5.41, 5.74) is 2.90. The Morgan fingerprint density at radius 2 is 1.88 bits per heavy atom. The van der Waals surface area contributed by atoms with Crippen molar-refractivity contribution in [2.75, 3.05) is 27.2 Å². The molecule has 1 aliphatic heterocycles. The third kappa shape index (κ3) is 5.40. The maximum atomic E-state index is 2.67. The van der Waals surface area contributed by atoms with Gasteiger partial charge < -0.3 is 4.90 Å². The Labute approximate surface area is 158 Å². The predicted molar refractivity (Wildman–Crippen MR) is 112 cm³/mol. The molecule has 1 aromatic carbocycles. The van der Waals surface area contributed by atoms with Gasteiger partial charge in [0.15, 0.2) is 0 Å². The molecule has 0 saturated carbocycles. The summed E-state index contributed by atoms with van der Waals surface area (Å²) in [4.78, 5) is 7.89. The highest BCUT2D eigenvalue weighted by atomic mass is 32.1. The van der Waals surface area contributed by atoms with Crippen LogP contribution in [0.1, 0.15) is 44.1 Å². The minimum atomic E-state index is 0.701. The minimum absolute atomic E-state index is 0.701. The third-order valence-corrected chi connectivity index (χ3v) is 6.00. The molecular formula is C22H34N2S. The fourth-order valence-corrected chi connectivity index (χ4v) is 4.57. The summed E-state index contributed by atoms with van der Waals surface area (Å²) >= 11 is 1.94. The maximum absolute atomic E-state index is 2.67. The molecule has 0 bridgehead atoms. The summed E-state index contributed by atoms with van der Waals surface area (Å²) in [5.74, 6) is 0. The smallest absolute Gasteiger partial charge is 0.0348 e. The second-order valence-electron chi connectivity index (χ2n) is 6.81. The molecule has 0 N–H and O–H groups in total. The van der Waals surface area contributed by atoms with Crippen LogP contribution in [0.2, 0.25) is 0 Å². The van der Waals surface area contributed by atoms with Gasteiger partial charge in [0.05, 0.1) is 0 Å². The Morgan fingerprint density at radius 3 is 2.56 bits per heavy atom. The van der Waals surface area contributed by atoms with E-state index in [1.54, 1.807) is 0 Å². The molecule has 0 spiro atoms. The average Bonchev–Trinajstić information content (AvgIpc) is 3.26. The fraction of sp³-hybridized carbons (Fsp3) is 0.545. The van der Waals surface area contributed by atoms with E-state index in [9.17, 15) is 0 Å². The zero-order chi connectivity index (χ0) is 18.2. The number of likely N-dealkylation sites (tertiary alicyclic amines) is 1. The van der Waals surface area contributed by atoms with E-state index in [1.165, 1.54) is 46.8 Å². The van der Waals surface area contributed by atoms with Crippen molar-refractivity contribution in [2.24, 2.45) is 0 Å². The molecule has 2 nitrogen and oxygen atoms in total. The maximum Gasteiger partial charge on any atom is 0.0348 e. The topological polar surface area (TPSA) is 6.48 Å². The standard InChI is InChI=1S/C20H28N2S.C2H6/c1-4-18-11-12-20(23-18)19-10-6-5-8-16(19)14-22-13-7-9-17(22)15-21(2)3;1-2/h5-6,8,10-12,17H,4,7,9,13-15H2,1-3H3;1-2H3. The van der Waals surface area contributed by atoms with Gasteiger partial charge in [-0.25, -0.2) is 0 Å². The molecule has 1 aromatic heterocycles. The van der Waals surface area contributed by atoms with Crippen molar-refractivity contribution in [3.05, 3.63) is 46.8 Å². The molecular weight excluding hydrogens is 324 g/mol. The van der Waals surface area contributed by atoms with Gasteiger partial charge >= 0.3 is 0 Å². The first-order valence-corrected chi connectivity index (χ1v) is 10.5. The Bertz CT molecular complexity index is 632. The molecule has 3 rings (SSSR count). The van der Waals surface area contributed by atoms with Crippen LogP contribution >= 0.6 is 11.3 Å². The van der Waals surface area contributed by atoms with E-state index in [-0.39, 0.29) is 0 Å². The molecule has 2 aromatic rings. The number of nitrogens with zero attached hydrogens (tertiary/aromatic N) is 2. The number of benzene rings is 1. The van der Waals surface area contributed by atoms with E-state index >= 15 is 0 Å². The van der Waals surface area contributed by atoms with Crippen molar-refractivity contribution in [2.45, 2.75) is 52.6 Å². The SMILES string of the molecule is CC.CCc1ccc(-c2ccccc2CN2CCCC2CN(C)C)s1. The van der Waals surface area contributed by atoms with Gasteiger partial charge in [-0.15, -0.1) is 11.3 Å². The van der Waals surface area contributed by atoms with Gasteiger partial charge in [0.25, 0.3) is 0 Å². The van der Waals surface area contributed by atoms with E-state index < -0.39 is 0 Å². The van der Waals surface area contributed by atoms with Crippen LogP contribution in [0.25, 0.3) is 10.4 Å². The molecule has 1 fully saturated rings. The molecule has 0 aliphatic carbocycles. The molecule has 138 valence electrons. The highest BCUT2D eigenvalue weighted by molar-refractivity contribution is 7.15. The summed E-state index contributed by atoms with van der Waals surface area (Å²) in [6.45, 7) is 9.71. The lowest BCUT2D eigenvalue weighted by Crippen LogP contribution is -2.37. The van der Waals surface area contributed by atoms with Gasteiger partial charge in [0, 0.05) is 28.9 Å². The number of likely N-dealkylation sites (N-methyl/N-ethyl adjacent to an activating group) is 1. The van der Waals surface area contributed by atoms with E-state index in [1.807, 2.05) is 25.2 Å². The molecule has 1 unspecified atom stereocenters. The number of thiophene rings is 1. The van der Waals surface area contributed by atoms with Gasteiger partial charge in [0.1, 0.15) is 0 Å². The summed E-state index contributed by atoms with van der Waals surface area (Å²) in [6, 6.07) is 14.2. The molecule has 1 aliphatic rings. The highest BCUT2D eigenvalue weighted by Gasteiger charge is 2.25. The van der Waals surface area contributed by atoms with Crippen molar-refractivity contribution >= 4 is 11.3 Å². The van der Waals surface area contributed by atoms with Crippen molar-refractivity contribution in [1.29, 1.82) is 0 Å². The van der Waals surface area contributed by atoms with Gasteiger partial charge in [-0.3, -0.25) is 4.90 Å². The quantitative estimate of drug-likeness (QED) is 0.670. The lowest BCUT2D eigenvalue weighted by Gasteiger charge is -2.27. The average molecular weight is 359 g/mol. The fourth-order valence-electron chi connectivity index (χ4n) is 3.56. The second-order valence-corrected chi connectivity index (χ2v) is 7.97. The van der Waals surface area contributed by atoms with Crippen LogP contribution < -0.4 is 0 Å². The number of aryl methyl sites for hydroxylation is 1. The van der Waals surface area contributed by atoms with Gasteiger partial charge in [-0.1, -0.05) is 45.0 Å². The molecule has 3 heteroatoms. The van der Waals surface area contributed by atoms with Crippen molar-refractivity contribution in [3.8, 4) is 10.4 Å². The molecule has 1 saturated heterocycles. The largest absolute Gasteiger partial charge is 0.308 e. The van der Waals surface area contributed by atoms with Crippen molar-refractivity contribution in [1.82, 2.24) is 9.80 Å². The Morgan fingerprint density at radius 1 is 1.12 bits per heavy atom. The number of hydrogen-bond acceptors (Lipinski definition) is 3. The monoisotopic (exact) mass is 358 g/mol. The van der Waals surface area contributed by atoms with Gasteiger partial charge in [-0.05, 0) is 63.2 Å². The summed E-state index contributed by atoms with van der Waals surface area (Å²) < 4.78 is 0. The summed E-state index contributed by atoms with van der Waals surface area (Å²) in [7, 11) is 4.37. The normalized spacial score (nSPS) is 17.6. The number of rotatable bonds is 6. The molecule has 0 radical (unpaired) electrons. The lowest BCUT2D eigenvalue weighted by atomic mass is 10.0. The zero-order valence-corrected chi connectivity index (χ0v) is 17.4. The van der Waals surface area contributed by atoms with Crippen LogP contribution in [0, 0.1) is 0 Å². The van der Waals surface area contributed by atoms with Crippen LogP contribution in [0.5, 0.6) is 0 Å². The van der Waals surface area contributed by atoms with E-state index in [0.717, 1.165) is 13.0 Å². The summed E-state index contributed by atoms with van der Waals surface area (Å²) in [6.07, 6.45) is 3.79. The van der Waals surface area contributed by atoms with Crippen LogP contribution in [0.3, 0.4) is 0 Å². The van der Waals surface area contributed by atoms with Crippen LogP contribution in [-0.2, 0) is 13.0 Å². The van der Waals surface area contributed by atoms with Gasteiger partial charge in [-0.2, -0.15) is 0 Å². The third-order valence-electron chi connectivity index (χ3n) is 4.74. The minimum Gasteiger partial charge on any atom is -0.308 e. The van der Waals surface area contributed by atoms with Gasteiger partial charge in [0.2, 0.25) is 0 Å². The molecule has 1 atom stereocenters. The zero-order valence-electron chi connectivity index (χ0n) is 16.6. The Hall–Kier alpha value is -1.16. The first-order chi connectivity index (χ1) is 12.2. The Balaban J connectivity index is 0.00000109. The lowest BCUT2D eigenvalue weighted by molar-refractivity contribution is 0.201. The number of hydrogen-bond donors (Lipinski definition) is 0. The van der Waals surface area contributed by atoms with Crippen LogP contribution in [0.15, 0.2) is 36.4 Å². The van der Waals surface area contributed by atoms with Crippen LogP contribution in [0.4, 0.5) is 0 Å². The first-order valence-electron chi connectivity index (χ1n) is 9.73. The second kappa shape index (κ2) is 10.1. The Kier molecular flexibility index (Phi) is 8.14. The predicted octanol–water partition coefficient (Wildman–Crippen LogP) is 5.53. The highest BCUT2D eigenvalue weighted by Crippen LogP contribution is 2.32. The van der Waals surface area contributed by atoms with Crippen LogP contribution in [-0.4, -0.2) is 43.0 Å². The van der Waals surface area contributed by atoms with E-state index in [4.69, 9.17) is 0 Å². The van der Waals surface area contributed by atoms with Crippen molar-refractivity contribution in [3.63, 3.8) is 0 Å². The first kappa shape index (κ1) is 20.2. The van der Waals surface area contributed by atoms with E-state index in [2.05, 4.69) is 67.2 Å². The van der Waals surface area contributed by atoms with E-state index in [0.29, 0.717) is 6.04 Å².